The van der Waals surface area contributed by atoms with E-state index < -0.39 is 0 Å². The van der Waals surface area contributed by atoms with E-state index in [1.165, 1.54) is 0 Å². The molecule has 0 radical (unpaired) electrons. The summed E-state index contributed by atoms with van der Waals surface area (Å²) < 4.78 is 4.84. The first kappa shape index (κ1) is 13.8. The highest BCUT2D eigenvalue weighted by atomic mass is 16.5. The lowest BCUT2D eigenvalue weighted by Gasteiger charge is -2.29. The van der Waals surface area contributed by atoms with E-state index in [1.54, 1.807) is 7.11 Å². The van der Waals surface area contributed by atoms with Crippen molar-refractivity contribution in [3.63, 3.8) is 0 Å². The molecule has 0 saturated heterocycles. The zero-order valence-electron chi connectivity index (χ0n) is 10.8. The molecule has 0 aromatic carbocycles. The number of nitrogens with zero attached hydrogens (tertiary/aromatic N) is 1. The molecule has 0 aromatic rings. The third-order valence-electron chi connectivity index (χ3n) is 2.44. The van der Waals surface area contributed by atoms with Crippen molar-refractivity contribution in [2.45, 2.75) is 13.8 Å². The van der Waals surface area contributed by atoms with E-state index in [0.717, 1.165) is 13.1 Å². The lowest BCUT2D eigenvalue weighted by atomic mass is 9.93. The second-order valence-electron chi connectivity index (χ2n) is 4.88. The van der Waals surface area contributed by atoms with Gasteiger partial charge in [0.15, 0.2) is 5.96 Å². The highest BCUT2D eigenvalue weighted by Crippen LogP contribution is 2.15. The standard InChI is InChI=1S/C11H22N4O2/c1-11(2)7-14-10(15-8-11)13-6-9(16)12-4-5-17-3/h4-8H2,1-3H3,(H,12,16)(H2,13,14,15). The van der Waals surface area contributed by atoms with E-state index in [2.05, 4.69) is 34.8 Å². The normalized spacial score (nSPS) is 17.9. The molecular weight excluding hydrogens is 220 g/mol. The minimum Gasteiger partial charge on any atom is -0.383 e. The van der Waals surface area contributed by atoms with E-state index in [-0.39, 0.29) is 17.9 Å². The minimum atomic E-state index is -0.0589. The Balaban J connectivity index is 2.18. The van der Waals surface area contributed by atoms with Crippen LogP contribution in [0.15, 0.2) is 4.99 Å². The third kappa shape index (κ3) is 5.53. The van der Waals surface area contributed by atoms with E-state index in [1.807, 2.05) is 0 Å². The lowest BCUT2D eigenvalue weighted by Crippen LogP contribution is -2.49. The summed E-state index contributed by atoms with van der Waals surface area (Å²) in [5, 5.41) is 8.87. The summed E-state index contributed by atoms with van der Waals surface area (Å²) in [6, 6.07) is 0. The van der Waals surface area contributed by atoms with Gasteiger partial charge in [-0.3, -0.25) is 9.79 Å². The van der Waals surface area contributed by atoms with Crippen LogP contribution in [0.5, 0.6) is 0 Å². The van der Waals surface area contributed by atoms with Crippen molar-refractivity contribution in [3.8, 4) is 0 Å². The molecule has 1 heterocycles. The summed E-state index contributed by atoms with van der Waals surface area (Å²) in [5.74, 6) is 0.641. The Morgan fingerprint density at radius 2 is 2.35 bits per heavy atom. The Morgan fingerprint density at radius 1 is 1.59 bits per heavy atom. The summed E-state index contributed by atoms with van der Waals surface area (Å²) in [6.45, 7) is 7.23. The predicted molar refractivity (Wildman–Crippen MR) is 67.0 cm³/mol. The number of hydrogen-bond acceptors (Lipinski definition) is 5. The van der Waals surface area contributed by atoms with Gasteiger partial charge < -0.3 is 20.7 Å². The van der Waals surface area contributed by atoms with Gasteiger partial charge in [-0.05, 0) is 0 Å². The highest BCUT2D eigenvalue weighted by molar-refractivity contribution is 5.86. The number of methoxy groups -OCH3 is 1. The van der Waals surface area contributed by atoms with Crippen LogP contribution >= 0.6 is 0 Å². The molecule has 6 heteroatoms. The number of hydrogen-bond donors (Lipinski definition) is 3. The van der Waals surface area contributed by atoms with Crippen molar-refractivity contribution in [2.75, 3.05) is 39.9 Å². The van der Waals surface area contributed by atoms with Crippen LogP contribution in [0.3, 0.4) is 0 Å². The van der Waals surface area contributed by atoms with Gasteiger partial charge in [0.1, 0.15) is 0 Å². The van der Waals surface area contributed by atoms with Crippen LogP contribution in [0, 0.1) is 5.41 Å². The average molecular weight is 242 g/mol. The number of amides is 1. The second-order valence-corrected chi connectivity index (χ2v) is 4.88. The van der Waals surface area contributed by atoms with E-state index in [9.17, 15) is 4.79 Å². The maximum atomic E-state index is 11.4. The average Bonchev–Trinajstić information content (AvgIpc) is 2.28. The molecule has 0 saturated carbocycles. The molecule has 6 nitrogen and oxygen atoms in total. The van der Waals surface area contributed by atoms with Crippen LogP contribution in [0.25, 0.3) is 0 Å². The van der Waals surface area contributed by atoms with Crippen molar-refractivity contribution in [1.29, 1.82) is 0 Å². The molecular formula is C11H22N4O2. The zero-order valence-corrected chi connectivity index (χ0v) is 10.8. The number of guanidine groups is 1. The molecule has 1 aliphatic heterocycles. The molecule has 0 fully saturated rings. The topological polar surface area (TPSA) is 74.8 Å². The summed E-state index contributed by atoms with van der Waals surface area (Å²) in [6.07, 6.45) is 0. The van der Waals surface area contributed by atoms with E-state index in [4.69, 9.17) is 4.74 Å². The van der Waals surface area contributed by atoms with Crippen molar-refractivity contribution >= 4 is 11.9 Å². The van der Waals surface area contributed by atoms with Gasteiger partial charge in [-0.25, -0.2) is 0 Å². The first-order valence-corrected chi connectivity index (χ1v) is 5.81. The van der Waals surface area contributed by atoms with Crippen LogP contribution in [-0.4, -0.2) is 51.8 Å². The summed E-state index contributed by atoms with van der Waals surface area (Å²) >= 11 is 0. The fourth-order valence-corrected chi connectivity index (χ4v) is 1.37. The Morgan fingerprint density at radius 3 is 2.94 bits per heavy atom. The van der Waals surface area contributed by atoms with E-state index >= 15 is 0 Å². The molecule has 17 heavy (non-hydrogen) atoms. The Hall–Kier alpha value is -1.30. The summed E-state index contributed by atoms with van der Waals surface area (Å²) in [7, 11) is 1.60. The molecule has 1 aliphatic rings. The van der Waals surface area contributed by atoms with Gasteiger partial charge in [0.05, 0.1) is 13.2 Å². The first-order valence-electron chi connectivity index (χ1n) is 5.81. The molecule has 1 amide bonds. The smallest absolute Gasteiger partial charge is 0.239 e. The van der Waals surface area contributed by atoms with Crippen LogP contribution < -0.4 is 16.0 Å². The number of carbonyl (C=O) groups excluding carboxylic acids is 1. The number of ether oxygens (including phenoxy) is 1. The molecule has 3 N–H and O–H groups in total. The molecule has 0 bridgehead atoms. The van der Waals surface area contributed by atoms with Gasteiger partial charge in [0.2, 0.25) is 5.91 Å². The van der Waals surface area contributed by atoms with Crippen molar-refractivity contribution in [1.82, 2.24) is 16.0 Å². The van der Waals surface area contributed by atoms with Crippen LogP contribution in [-0.2, 0) is 9.53 Å². The molecule has 1 rings (SSSR count). The number of aliphatic imine (C=N–C) groups is 1. The van der Waals surface area contributed by atoms with Gasteiger partial charge in [-0.2, -0.15) is 0 Å². The Labute approximate surface area is 102 Å². The largest absolute Gasteiger partial charge is 0.383 e. The van der Waals surface area contributed by atoms with Crippen LogP contribution in [0.4, 0.5) is 0 Å². The minimum absolute atomic E-state index is 0.0589. The van der Waals surface area contributed by atoms with Crippen molar-refractivity contribution in [2.24, 2.45) is 10.4 Å². The van der Waals surface area contributed by atoms with Gasteiger partial charge in [0.25, 0.3) is 0 Å². The maximum Gasteiger partial charge on any atom is 0.239 e. The quantitative estimate of drug-likeness (QED) is 0.559. The lowest BCUT2D eigenvalue weighted by molar-refractivity contribution is -0.120. The van der Waals surface area contributed by atoms with Gasteiger partial charge in [0, 0.05) is 32.2 Å². The molecule has 98 valence electrons. The highest BCUT2D eigenvalue weighted by Gasteiger charge is 2.22. The van der Waals surface area contributed by atoms with Crippen LogP contribution in [0.1, 0.15) is 13.8 Å². The molecule has 0 aliphatic carbocycles. The first-order chi connectivity index (χ1) is 8.03. The number of carbonyl (C=O) groups is 1. The van der Waals surface area contributed by atoms with Gasteiger partial charge >= 0.3 is 0 Å². The van der Waals surface area contributed by atoms with Crippen molar-refractivity contribution < 1.29 is 9.53 Å². The summed E-state index contributed by atoms with van der Waals surface area (Å²) in [4.78, 5) is 15.7. The molecule has 0 spiro atoms. The van der Waals surface area contributed by atoms with Crippen LogP contribution in [0.2, 0.25) is 0 Å². The second kappa shape index (κ2) is 6.44. The fraction of sp³-hybridized carbons (Fsp3) is 0.818. The number of rotatable bonds is 5. The monoisotopic (exact) mass is 242 g/mol. The Kier molecular flexibility index (Phi) is 5.21. The maximum absolute atomic E-state index is 11.4. The van der Waals surface area contributed by atoms with Gasteiger partial charge in [-0.1, -0.05) is 13.8 Å². The zero-order chi connectivity index (χ0) is 12.7. The van der Waals surface area contributed by atoms with Crippen molar-refractivity contribution in [3.05, 3.63) is 0 Å². The summed E-state index contributed by atoms with van der Waals surface area (Å²) in [5.41, 5.74) is 0.186. The predicted octanol–water partition coefficient (Wildman–Crippen LogP) is -0.676. The SMILES string of the molecule is COCCNC(=O)CNC1=NCC(C)(C)CN1. The fourth-order valence-electron chi connectivity index (χ4n) is 1.37. The molecule has 0 aromatic heterocycles. The Bertz CT molecular complexity index is 289. The van der Waals surface area contributed by atoms with E-state index in [0.29, 0.717) is 19.1 Å². The molecule has 0 unspecified atom stereocenters. The van der Waals surface area contributed by atoms with Gasteiger partial charge in [-0.15, -0.1) is 0 Å². The number of nitrogens with one attached hydrogen (secondary N) is 3. The molecule has 0 atom stereocenters. The third-order valence-corrected chi connectivity index (χ3v) is 2.44.